The summed E-state index contributed by atoms with van der Waals surface area (Å²) >= 11 is 0. The van der Waals surface area contributed by atoms with E-state index >= 15 is 0 Å². The highest BCUT2D eigenvalue weighted by atomic mass is 16.2. The van der Waals surface area contributed by atoms with E-state index in [4.69, 9.17) is 0 Å². The fourth-order valence-corrected chi connectivity index (χ4v) is 2.96. The van der Waals surface area contributed by atoms with E-state index in [1.54, 1.807) is 4.90 Å². The predicted molar refractivity (Wildman–Crippen MR) is 90.2 cm³/mol. The van der Waals surface area contributed by atoms with Gasteiger partial charge in [-0.15, -0.1) is 0 Å². The van der Waals surface area contributed by atoms with Crippen LogP contribution >= 0.6 is 0 Å². The van der Waals surface area contributed by atoms with Crippen LogP contribution in [0.15, 0.2) is 42.5 Å². The summed E-state index contributed by atoms with van der Waals surface area (Å²) in [5, 5.41) is 3.38. The van der Waals surface area contributed by atoms with Gasteiger partial charge in [0.15, 0.2) is 0 Å². The highest BCUT2D eigenvalue weighted by molar-refractivity contribution is 5.97. The van der Waals surface area contributed by atoms with Crippen molar-refractivity contribution in [3.63, 3.8) is 0 Å². The van der Waals surface area contributed by atoms with Crippen molar-refractivity contribution in [3.05, 3.63) is 64.7 Å². The van der Waals surface area contributed by atoms with Gasteiger partial charge in [-0.05, 0) is 43.0 Å². The molecule has 114 valence electrons. The van der Waals surface area contributed by atoms with Gasteiger partial charge in [0.1, 0.15) is 0 Å². The van der Waals surface area contributed by atoms with Crippen LogP contribution in [0.25, 0.3) is 0 Å². The van der Waals surface area contributed by atoms with E-state index in [9.17, 15) is 4.79 Å². The molecule has 0 aliphatic carbocycles. The largest absolute Gasteiger partial charge is 0.385 e. The van der Waals surface area contributed by atoms with Crippen LogP contribution in [0.2, 0.25) is 0 Å². The lowest BCUT2D eigenvalue weighted by molar-refractivity contribution is 0.0784. The maximum absolute atomic E-state index is 12.8. The zero-order valence-corrected chi connectivity index (χ0v) is 13.2. The fraction of sp³-hybridized carbons (Fsp3) is 0.316. The second-order valence-corrected chi connectivity index (χ2v) is 6.01. The molecule has 3 nitrogen and oxygen atoms in total. The van der Waals surface area contributed by atoms with Gasteiger partial charge in [-0.2, -0.15) is 0 Å². The van der Waals surface area contributed by atoms with E-state index < -0.39 is 0 Å². The molecule has 2 aromatic carbocycles. The van der Waals surface area contributed by atoms with Gasteiger partial charge in [0, 0.05) is 31.4 Å². The first-order valence-electron chi connectivity index (χ1n) is 7.82. The van der Waals surface area contributed by atoms with Gasteiger partial charge < -0.3 is 10.2 Å². The Bertz CT molecular complexity index is 676. The molecule has 2 aromatic rings. The van der Waals surface area contributed by atoms with Gasteiger partial charge in [0.25, 0.3) is 5.91 Å². The van der Waals surface area contributed by atoms with E-state index in [1.807, 2.05) is 19.2 Å². The van der Waals surface area contributed by atoms with Gasteiger partial charge in [0.05, 0.1) is 0 Å². The Labute approximate surface area is 132 Å². The van der Waals surface area contributed by atoms with Crippen molar-refractivity contribution in [1.82, 2.24) is 4.90 Å². The number of carbonyl (C=O) groups is 1. The Morgan fingerprint density at radius 3 is 2.73 bits per heavy atom. The van der Waals surface area contributed by atoms with Crippen LogP contribution in [0.4, 0.5) is 5.69 Å². The molecule has 0 unspecified atom stereocenters. The van der Waals surface area contributed by atoms with E-state index in [2.05, 4.69) is 42.6 Å². The summed E-state index contributed by atoms with van der Waals surface area (Å²) in [6.45, 7) is 3.70. The molecule has 1 N–H and O–H groups in total. The third kappa shape index (κ3) is 2.98. The molecule has 0 radical (unpaired) electrons. The first kappa shape index (κ1) is 14.6. The first-order valence-corrected chi connectivity index (χ1v) is 7.82. The highest BCUT2D eigenvalue weighted by Crippen LogP contribution is 2.26. The van der Waals surface area contributed by atoms with Crippen molar-refractivity contribution in [1.29, 1.82) is 0 Å². The number of nitrogens with one attached hydrogen (secondary N) is 1. The minimum Gasteiger partial charge on any atom is -0.385 e. The smallest absolute Gasteiger partial charge is 0.254 e. The van der Waals surface area contributed by atoms with Crippen LogP contribution < -0.4 is 5.32 Å². The van der Waals surface area contributed by atoms with Crippen LogP contribution in [0.3, 0.4) is 0 Å². The van der Waals surface area contributed by atoms with Gasteiger partial charge in [-0.1, -0.05) is 35.9 Å². The van der Waals surface area contributed by atoms with Crippen LogP contribution in [-0.4, -0.2) is 24.4 Å². The van der Waals surface area contributed by atoms with Crippen LogP contribution in [0, 0.1) is 6.92 Å². The third-order valence-electron chi connectivity index (χ3n) is 4.21. The average Bonchev–Trinajstić information content (AvgIpc) is 2.55. The van der Waals surface area contributed by atoms with Gasteiger partial charge in [-0.25, -0.2) is 0 Å². The summed E-state index contributed by atoms with van der Waals surface area (Å²) < 4.78 is 0. The SMILES string of the molecule is Cc1ccc(CN(C)C(=O)c2cccc3c2CCCN3)cc1. The van der Waals surface area contributed by atoms with E-state index in [0.717, 1.165) is 41.8 Å². The monoisotopic (exact) mass is 294 g/mol. The zero-order valence-electron chi connectivity index (χ0n) is 13.2. The number of anilines is 1. The Hall–Kier alpha value is -2.29. The maximum Gasteiger partial charge on any atom is 0.254 e. The topological polar surface area (TPSA) is 32.3 Å². The van der Waals surface area contributed by atoms with Crippen molar-refractivity contribution >= 4 is 11.6 Å². The number of carbonyl (C=O) groups excluding carboxylic acids is 1. The lowest BCUT2D eigenvalue weighted by Crippen LogP contribution is -2.28. The molecule has 0 saturated carbocycles. The number of hydrogen-bond acceptors (Lipinski definition) is 2. The zero-order chi connectivity index (χ0) is 15.5. The molecule has 3 rings (SSSR count). The number of amides is 1. The molecule has 0 saturated heterocycles. The molecule has 1 amide bonds. The van der Waals surface area contributed by atoms with Crippen LogP contribution in [0.1, 0.15) is 33.5 Å². The minimum atomic E-state index is 0.0983. The number of fused-ring (bicyclic) bond motifs is 1. The van der Waals surface area contributed by atoms with Gasteiger partial charge in [-0.3, -0.25) is 4.79 Å². The molecule has 0 bridgehead atoms. The molecule has 0 atom stereocenters. The summed E-state index contributed by atoms with van der Waals surface area (Å²) in [4.78, 5) is 14.6. The van der Waals surface area contributed by atoms with Crippen LogP contribution in [0.5, 0.6) is 0 Å². The number of benzene rings is 2. The Kier molecular flexibility index (Phi) is 4.14. The van der Waals surface area contributed by atoms with Crippen LogP contribution in [-0.2, 0) is 13.0 Å². The predicted octanol–water partition coefficient (Wildman–Crippen LogP) is 3.63. The van der Waals surface area contributed by atoms with E-state index in [1.165, 1.54) is 5.56 Å². The number of nitrogens with zero attached hydrogens (tertiary/aromatic N) is 1. The Morgan fingerprint density at radius 2 is 1.95 bits per heavy atom. The van der Waals surface area contributed by atoms with Crippen molar-refractivity contribution in [2.24, 2.45) is 0 Å². The standard InChI is InChI=1S/C19H22N2O/c1-14-8-10-15(11-9-14)13-21(2)19(22)17-5-3-7-18-16(17)6-4-12-20-18/h3,5,7-11,20H,4,6,12-13H2,1-2H3. The lowest BCUT2D eigenvalue weighted by Gasteiger charge is -2.23. The molecule has 0 aromatic heterocycles. The maximum atomic E-state index is 12.8. The Morgan fingerprint density at radius 1 is 1.18 bits per heavy atom. The summed E-state index contributed by atoms with van der Waals surface area (Å²) in [7, 11) is 1.87. The van der Waals surface area contributed by atoms with Crippen molar-refractivity contribution in [2.45, 2.75) is 26.3 Å². The molecule has 3 heteroatoms. The molecule has 0 fully saturated rings. The summed E-state index contributed by atoms with van der Waals surface area (Å²) in [5.74, 6) is 0.0983. The first-order chi connectivity index (χ1) is 10.6. The molecular weight excluding hydrogens is 272 g/mol. The van der Waals surface area contributed by atoms with E-state index in [-0.39, 0.29) is 5.91 Å². The summed E-state index contributed by atoms with van der Waals surface area (Å²) in [6.07, 6.45) is 2.06. The molecular formula is C19H22N2O. The Balaban J connectivity index is 1.80. The van der Waals surface area contributed by atoms with Crippen molar-refractivity contribution in [2.75, 3.05) is 18.9 Å². The number of rotatable bonds is 3. The normalized spacial score (nSPS) is 13.2. The second-order valence-electron chi connectivity index (χ2n) is 6.01. The van der Waals surface area contributed by atoms with Crippen molar-refractivity contribution < 1.29 is 4.79 Å². The van der Waals surface area contributed by atoms with Gasteiger partial charge >= 0.3 is 0 Å². The minimum absolute atomic E-state index is 0.0983. The number of hydrogen-bond donors (Lipinski definition) is 1. The molecule has 1 heterocycles. The summed E-state index contributed by atoms with van der Waals surface area (Å²) in [6, 6.07) is 14.3. The van der Waals surface area contributed by atoms with Crippen molar-refractivity contribution in [3.8, 4) is 0 Å². The number of aryl methyl sites for hydroxylation is 1. The molecule has 0 spiro atoms. The quantitative estimate of drug-likeness (QED) is 0.937. The summed E-state index contributed by atoms with van der Waals surface area (Å²) in [5.41, 5.74) is 5.50. The average molecular weight is 294 g/mol. The van der Waals surface area contributed by atoms with E-state index in [0.29, 0.717) is 6.54 Å². The highest BCUT2D eigenvalue weighted by Gasteiger charge is 2.20. The molecule has 22 heavy (non-hydrogen) atoms. The fourth-order valence-electron chi connectivity index (χ4n) is 2.96. The lowest BCUT2D eigenvalue weighted by atomic mass is 9.97. The third-order valence-corrected chi connectivity index (χ3v) is 4.21. The second kappa shape index (κ2) is 6.22. The molecule has 1 aliphatic heterocycles. The molecule has 1 aliphatic rings. The van der Waals surface area contributed by atoms with Gasteiger partial charge in [0.2, 0.25) is 0 Å².